The van der Waals surface area contributed by atoms with E-state index in [0.717, 1.165) is 5.56 Å². The van der Waals surface area contributed by atoms with E-state index in [0.29, 0.717) is 5.84 Å². The summed E-state index contributed by atoms with van der Waals surface area (Å²) >= 11 is 0. The number of hydrogen-bond acceptors (Lipinski definition) is 7. The number of nitrogens with one attached hydrogen (secondary N) is 2. The highest BCUT2D eigenvalue weighted by Crippen LogP contribution is 2.22. The summed E-state index contributed by atoms with van der Waals surface area (Å²) in [6, 6.07) is 9.32. The Balaban J connectivity index is 2.29. The lowest BCUT2D eigenvalue weighted by Gasteiger charge is -2.25. The molecule has 0 saturated carbocycles. The molecule has 1 aliphatic rings. The number of amidine groups is 1. The molecule has 9 heteroatoms. The second kappa shape index (κ2) is 10.0. The summed E-state index contributed by atoms with van der Waals surface area (Å²) < 4.78 is 9.76. The molecule has 1 aliphatic heterocycles. The molecule has 144 valence electrons. The van der Waals surface area contributed by atoms with Crippen molar-refractivity contribution < 1.29 is 23.9 Å². The van der Waals surface area contributed by atoms with E-state index in [1.165, 1.54) is 0 Å². The maximum atomic E-state index is 12.0. The number of benzene rings is 1. The normalized spacial score (nSPS) is 18.4. The van der Waals surface area contributed by atoms with Crippen molar-refractivity contribution in [2.45, 2.75) is 32.6 Å². The van der Waals surface area contributed by atoms with Crippen molar-refractivity contribution in [3.05, 3.63) is 35.9 Å². The highest BCUT2D eigenvalue weighted by atomic mass is 16.5. The largest absolute Gasteiger partial charge is 0.466 e. The molecule has 27 heavy (non-hydrogen) atoms. The molecule has 0 aromatic heterocycles. The zero-order chi connectivity index (χ0) is 19.6. The fourth-order valence-corrected chi connectivity index (χ4v) is 2.44. The summed E-state index contributed by atoms with van der Waals surface area (Å²) in [5.41, 5.74) is 5.87. The molecule has 2 N–H and O–H groups in total. The van der Waals surface area contributed by atoms with Gasteiger partial charge in [0.05, 0.1) is 25.6 Å². The molecule has 1 unspecified atom stereocenters. The molecule has 1 atom stereocenters. The smallest absolute Gasteiger partial charge is 0.355 e. The van der Waals surface area contributed by atoms with Crippen LogP contribution in [0.5, 0.6) is 0 Å². The Labute approximate surface area is 156 Å². The van der Waals surface area contributed by atoms with Crippen LogP contribution >= 0.6 is 0 Å². The standard InChI is InChI=1S/C18H22N4O5/c1-3-26-16(24)11-14(18(25)27-4-2)19-21-17-13(10-15(23)20-22-17)12-8-6-5-7-9-12/h5-9,13H,3-4,10-11H2,1-2H3,(H,20,23)(H,21,22)/b19-14+. The van der Waals surface area contributed by atoms with Crippen LogP contribution in [-0.2, 0) is 23.9 Å². The molecule has 1 aromatic carbocycles. The molecule has 2 rings (SSSR count). The number of nitrogens with zero attached hydrogens (tertiary/aromatic N) is 2. The van der Waals surface area contributed by atoms with Crippen LogP contribution in [0.4, 0.5) is 0 Å². The Morgan fingerprint density at radius 1 is 1.11 bits per heavy atom. The van der Waals surface area contributed by atoms with E-state index in [-0.39, 0.29) is 43.6 Å². The van der Waals surface area contributed by atoms with Gasteiger partial charge in [0.25, 0.3) is 0 Å². The number of amides is 1. The highest BCUT2D eigenvalue weighted by molar-refractivity contribution is 6.39. The third-order valence-corrected chi connectivity index (χ3v) is 3.66. The van der Waals surface area contributed by atoms with E-state index < -0.39 is 11.9 Å². The third-order valence-electron chi connectivity index (χ3n) is 3.66. The van der Waals surface area contributed by atoms with Crippen LogP contribution in [0.15, 0.2) is 40.5 Å². The van der Waals surface area contributed by atoms with Crippen LogP contribution in [-0.4, -0.2) is 42.6 Å². The van der Waals surface area contributed by atoms with Crippen molar-refractivity contribution in [3.63, 3.8) is 0 Å². The van der Waals surface area contributed by atoms with E-state index in [9.17, 15) is 14.4 Å². The van der Waals surface area contributed by atoms with E-state index in [1.54, 1.807) is 13.8 Å². The summed E-state index contributed by atoms with van der Waals surface area (Å²) in [6.07, 6.45) is -0.177. The minimum absolute atomic E-state index is 0.137. The summed E-state index contributed by atoms with van der Waals surface area (Å²) in [4.78, 5) is 35.5. The molecule has 1 amide bonds. The zero-order valence-electron chi connectivity index (χ0n) is 15.2. The molecule has 0 radical (unpaired) electrons. The number of rotatable bonds is 7. The molecule has 1 fully saturated rings. The van der Waals surface area contributed by atoms with E-state index >= 15 is 0 Å². The second-order valence-electron chi connectivity index (χ2n) is 5.57. The van der Waals surface area contributed by atoms with Crippen LogP contribution in [0.2, 0.25) is 0 Å². The quantitative estimate of drug-likeness (QED) is 0.419. The Kier molecular flexibility index (Phi) is 7.48. The van der Waals surface area contributed by atoms with Gasteiger partial charge in [-0.3, -0.25) is 20.4 Å². The van der Waals surface area contributed by atoms with Crippen molar-refractivity contribution >= 4 is 29.4 Å². The van der Waals surface area contributed by atoms with Crippen molar-refractivity contribution in [1.29, 1.82) is 0 Å². The van der Waals surface area contributed by atoms with Crippen LogP contribution in [0.25, 0.3) is 0 Å². The van der Waals surface area contributed by atoms with Crippen LogP contribution in [0, 0.1) is 0 Å². The maximum absolute atomic E-state index is 12.0. The van der Waals surface area contributed by atoms with Crippen molar-refractivity contribution in [3.8, 4) is 0 Å². The van der Waals surface area contributed by atoms with Gasteiger partial charge in [0.1, 0.15) is 0 Å². The molecule has 0 aliphatic carbocycles. The van der Waals surface area contributed by atoms with Gasteiger partial charge in [-0.1, -0.05) is 30.3 Å². The number of ether oxygens (including phenoxy) is 2. The average Bonchev–Trinajstić information content (AvgIpc) is 2.67. The predicted octanol–water partition coefficient (Wildman–Crippen LogP) is 1.07. The number of hydrazine groups is 1. The Hall–Kier alpha value is -3.23. The van der Waals surface area contributed by atoms with E-state index in [1.807, 2.05) is 30.3 Å². The van der Waals surface area contributed by atoms with Crippen LogP contribution < -0.4 is 10.9 Å². The number of carbonyl (C=O) groups is 3. The van der Waals surface area contributed by atoms with Crippen LogP contribution in [0.3, 0.4) is 0 Å². The molecule has 1 heterocycles. The number of esters is 2. The highest BCUT2D eigenvalue weighted by Gasteiger charge is 2.27. The first kappa shape index (κ1) is 20.1. The van der Waals surface area contributed by atoms with Gasteiger partial charge in [0.2, 0.25) is 5.91 Å². The van der Waals surface area contributed by atoms with Gasteiger partial charge in [-0.25, -0.2) is 4.79 Å². The zero-order valence-corrected chi connectivity index (χ0v) is 15.2. The van der Waals surface area contributed by atoms with E-state index in [2.05, 4.69) is 21.1 Å². The fourth-order valence-electron chi connectivity index (χ4n) is 2.44. The van der Waals surface area contributed by atoms with Gasteiger partial charge in [-0.15, -0.1) is 10.2 Å². The topological polar surface area (TPSA) is 118 Å². The third kappa shape index (κ3) is 5.91. The maximum Gasteiger partial charge on any atom is 0.355 e. The minimum Gasteiger partial charge on any atom is -0.466 e. The molecule has 0 bridgehead atoms. The van der Waals surface area contributed by atoms with Crippen molar-refractivity contribution in [2.24, 2.45) is 10.2 Å². The number of carbonyl (C=O) groups excluding carboxylic acids is 3. The first-order valence-electron chi connectivity index (χ1n) is 8.62. The first-order valence-corrected chi connectivity index (χ1v) is 8.62. The lowest BCUT2D eigenvalue weighted by atomic mass is 9.93. The first-order chi connectivity index (χ1) is 13.0. The SMILES string of the molecule is CCOC(=O)C/C(=N\N=C1/NNC(=O)CC1c1ccccc1)C(=O)OCC. The monoisotopic (exact) mass is 374 g/mol. The van der Waals surface area contributed by atoms with Gasteiger partial charge in [-0.05, 0) is 19.4 Å². The molecule has 0 spiro atoms. The van der Waals surface area contributed by atoms with Crippen molar-refractivity contribution in [1.82, 2.24) is 10.9 Å². The lowest BCUT2D eigenvalue weighted by molar-refractivity contribution is -0.143. The minimum atomic E-state index is -0.744. The lowest BCUT2D eigenvalue weighted by Crippen LogP contribution is -2.50. The van der Waals surface area contributed by atoms with E-state index in [4.69, 9.17) is 9.47 Å². The fraction of sp³-hybridized carbons (Fsp3) is 0.389. The molecule has 1 aromatic rings. The van der Waals surface area contributed by atoms with Gasteiger partial charge in [0.15, 0.2) is 11.5 Å². The summed E-state index contributed by atoms with van der Waals surface area (Å²) in [7, 11) is 0. The van der Waals surface area contributed by atoms with Crippen LogP contribution in [0.1, 0.15) is 38.2 Å². The van der Waals surface area contributed by atoms with Gasteiger partial charge in [0, 0.05) is 6.42 Å². The molecule has 1 saturated heterocycles. The summed E-state index contributed by atoms with van der Waals surface area (Å²) in [5, 5.41) is 7.97. The number of hydrogen-bond donors (Lipinski definition) is 2. The average molecular weight is 374 g/mol. The van der Waals surface area contributed by atoms with Gasteiger partial charge >= 0.3 is 11.9 Å². The Morgan fingerprint density at radius 2 is 1.81 bits per heavy atom. The Bertz CT molecular complexity index is 745. The molecular weight excluding hydrogens is 352 g/mol. The summed E-state index contributed by atoms with van der Waals surface area (Å²) in [6.45, 7) is 3.64. The van der Waals surface area contributed by atoms with Gasteiger partial charge < -0.3 is 9.47 Å². The second-order valence-corrected chi connectivity index (χ2v) is 5.57. The van der Waals surface area contributed by atoms with Gasteiger partial charge in [-0.2, -0.15) is 0 Å². The summed E-state index contributed by atoms with van der Waals surface area (Å²) in [5.74, 6) is -1.54. The molecular formula is C18H22N4O5. The Morgan fingerprint density at radius 3 is 2.48 bits per heavy atom. The molecule has 9 nitrogen and oxygen atoms in total. The predicted molar refractivity (Wildman–Crippen MR) is 97.8 cm³/mol. The van der Waals surface area contributed by atoms with Crippen molar-refractivity contribution in [2.75, 3.05) is 13.2 Å².